The third kappa shape index (κ3) is 4.24. The molecular formula is C15H17N3O9S. The number of carboxylic acid groups (broad SMARTS) is 1. The van der Waals surface area contributed by atoms with Gasteiger partial charge in [-0.15, -0.1) is 11.8 Å². The summed E-state index contributed by atoms with van der Waals surface area (Å²) in [5.41, 5.74) is -0.460. The lowest BCUT2D eigenvalue weighted by Crippen LogP contribution is -2.71. The molecule has 0 aromatic rings. The smallest absolute Gasteiger partial charge is 0.461 e. The van der Waals surface area contributed by atoms with E-state index in [1.807, 2.05) is 0 Å². The van der Waals surface area contributed by atoms with Crippen molar-refractivity contribution in [3.8, 4) is 0 Å². The Morgan fingerprint density at radius 1 is 1.36 bits per heavy atom. The van der Waals surface area contributed by atoms with Gasteiger partial charge < -0.3 is 25.1 Å². The molecule has 0 unspecified atom stereocenters. The minimum atomic E-state index is -1.66. The number of oxime groups is 1. The van der Waals surface area contributed by atoms with Crippen molar-refractivity contribution in [2.24, 2.45) is 5.16 Å². The molecule has 1 saturated heterocycles. The normalized spacial score (nSPS) is 21.4. The number of fused-ring (bicyclic) bond motifs is 1. The average Bonchev–Trinajstić information content (AvgIpc) is 2.64. The van der Waals surface area contributed by atoms with Crippen LogP contribution in [0.3, 0.4) is 0 Å². The van der Waals surface area contributed by atoms with Crippen LogP contribution < -0.4 is 5.32 Å². The number of ketones is 1. The highest BCUT2D eigenvalue weighted by Gasteiger charge is 2.54. The summed E-state index contributed by atoms with van der Waals surface area (Å²) in [7, 11) is 0. The van der Waals surface area contributed by atoms with Crippen molar-refractivity contribution in [2.45, 2.75) is 31.7 Å². The molecule has 28 heavy (non-hydrogen) atoms. The van der Waals surface area contributed by atoms with Crippen molar-refractivity contribution in [1.29, 1.82) is 0 Å². The molecule has 2 heterocycles. The first-order chi connectivity index (χ1) is 13.2. The Labute approximate surface area is 162 Å². The number of ether oxygens (including phenoxy) is 2. The second kappa shape index (κ2) is 8.73. The maximum atomic E-state index is 12.5. The van der Waals surface area contributed by atoms with E-state index < -0.39 is 46.8 Å². The van der Waals surface area contributed by atoms with E-state index in [0.29, 0.717) is 0 Å². The summed E-state index contributed by atoms with van der Waals surface area (Å²) in [4.78, 5) is 59.1. The van der Waals surface area contributed by atoms with Gasteiger partial charge in [-0.2, -0.15) is 0 Å². The molecule has 12 nitrogen and oxygen atoms in total. The zero-order valence-corrected chi connectivity index (χ0v) is 15.6. The van der Waals surface area contributed by atoms with Crippen molar-refractivity contribution < 1.29 is 43.8 Å². The lowest BCUT2D eigenvalue weighted by molar-refractivity contribution is -0.148. The summed E-state index contributed by atoms with van der Waals surface area (Å²) in [6.45, 7) is 2.39. The van der Waals surface area contributed by atoms with E-state index in [4.69, 9.17) is 15.1 Å². The highest BCUT2D eigenvalue weighted by molar-refractivity contribution is 8.00. The van der Waals surface area contributed by atoms with Crippen LogP contribution in [0.4, 0.5) is 4.79 Å². The first-order valence-corrected chi connectivity index (χ1v) is 9.03. The molecule has 0 radical (unpaired) electrons. The van der Waals surface area contributed by atoms with Crippen LogP contribution in [0.25, 0.3) is 0 Å². The van der Waals surface area contributed by atoms with Gasteiger partial charge in [-0.05, 0) is 0 Å². The van der Waals surface area contributed by atoms with Gasteiger partial charge in [-0.3, -0.25) is 24.1 Å². The van der Waals surface area contributed by atoms with Crippen molar-refractivity contribution in [2.75, 3.05) is 12.4 Å². The minimum Gasteiger partial charge on any atom is -0.461 e. The number of β-lactam (4-membered cyclic amide) rings is 1. The van der Waals surface area contributed by atoms with E-state index in [1.54, 1.807) is 0 Å². The summed E-state index contributed by atoms with van der Waals surface area (Å²) in [6.07, 6.45) is -1.74. The number of esters is 1. The number of rotatable bonds is 7. The lowest BCUT2D eigenvalue weighted by Gasteiger charge is -2.49. The number of Topliss-reactive ketones (excluding diaryl/α,β-unsaturated/α-hetero) is 1. The quantitative estimate of drug-likeness (QED) is 0.125. The molecule has 1 fully saturated rings. The van der Waals surface area contributed by atoms with E-state index >= 15 is 0 Å². The van der Waals surface area contributed by atoms with Crippen LogP contribution in [0.5, 0.6) is 0 Å². The van der Waals surface area contributed by atoms with Crippen LogP contribution in [0.2, 0.25) is 0 Å². The van der Waals surface area contributed by atoms with Gasteiger partial charge in [0.25, 0.3) is 11.8 Å². The SMILES string of the molecule is CCC(=O)C(=NO)C(=O)N[C@@H]1C(=O)N2C(OC(=O)O)=C(COC(C)=O)CS[C@@H]12. The Bertz CT molecular complexity index is 792. The second-order valence-corrected chi connectivity index (χ2v) is 6.75. The van der Waals surface area contributed by atoms with Crippen molar-refractivity contribution in [3.05, 3.63) is 11.5 Å². The zero-order chi connectivity index (χ0) is 21.0. The fraction of sp³-hybridized carbons (Fsp3) is 0.467. The largest absolute Gasteiger partial charge is 0.512 e. The molecule has 3 N–H and O–H groups in total. The summed E-state index contributed by atoms with van der Waals surface area (Å²) in [6, 6.07) is -1.08. The Balaban J connectivity index is 2.18. The number of carbonyl (C=O) groups is 5. The standard InChI is InChI=1S/C15H17N3O9S/c1-3-8(20)9(17-25)11(21)16-10-12(22)18-13(27-15(23)24)7(4-26-6(2)19)5-28-14(10)18/h10,14,25H,3-5H2,1-2H3,(H,16,21)(H,23,24)/t10-,14+/m1/s1. The maximum Gasteiger partial charge on any atom is 0.512 e. The van der Waals surface area contributed by atoms with Gasteiger partial charge in [0.1, 0.15) is 18.0 Å². The highest BCUT2D eigenvalue weighted by Crippen LogP contribution is 2.40. The summed E-state index contributed by atoms with van der Waals surface area (Å²) in [5.74, 6) is -3.13. The molecule has 2 rings (SSSR count). The minimum absolute atomic E-state index is 0.0748. The third-order valence-corrected chi connectivity index (χ3v) is 5.15. The zero-order valence-electron chi connectivity index (χ0n) is 14.8. The van der Waals surface area contributed by atoms with Gasteiger partial charge in [0.2, 0.25) is 11.6 Å². The van der Waals surface area contributed by atoms with Crippen molar-refractivity contribution in [3.63, 3.8) is 0 Å². The van der Waals surface area contributed by atoms with Gasteiger partial charge >= 0.3 is 12.1 Å². The van der Waals surface area contributed by atoms with E-state index in [0.717, 1.165) is 4.90 Å². The van der Waals surface area contributed by atoms with Gasteiger partial charge in [-0.1, -0.05) is 12.1 Å². The monoisotopic (exact) mass is 415 g/mol. The molecule has 2 aliphatic heterocycles. The molecule has 0 aliphatic carbocycles. The number of nitrogens with one attached hydrogen (secondary N) is 1. The maximum absolute atomic E-state index is 12.5. The van der Waals surface area contributed by atoms with Crippen molar-refractivity contribution in [1.82, 2.24) is 10.2 Å². The average molecular weight is 415 g/mol. The van der Waals surface area contributed by atoms with Crippen LogP contribution in [-0.4, -0.2) is 74.4 Å². The van der Waals surface area contributed by atoms with Gasteiger partial charge in [0, 0.05) is 24.7 Å². The molecule has 0 spiro atoms. The Morgan fingerprint density at radius 2 is 2.04 bits per heavy atom. The Kier molecular flexibility index (Phi) is 6.62. The topological polar surface area (TPSA) is 172 Å². The van der Waals surface area contributed by atoms with E-state index in [-0.39, 0.29) is 30.2 Å². The number of nitrogens with zero attached hydrogens (tertiary/aromatic N) is 2. The van der Waals surface area contributed by atoms with Crippen LogP contribution >= 0.6 is 11.8 Å². The highest BCUT2D eigenvalue weighted by atomic mass is 32.2. The summed E-state index contributed by atoms with van der Waals surface area (Å²) >= 11 is 1.17. The first-order valence-electron chi connectivity index (χ1n) is 7.98. The predicted molar refractivity (Wildman–Crippen MR) is 92.3 cm³/mol. The van der Waals surface area contributed by atoms with Crippen LogP contribution in [0.15, 0.2) is 16.6 Å². The van der Waals surface area contributed by atoms with Crippen LogP contribution in [0.1, 0.15) is 20.3 Å². The number of hydrogen-bond donors (Lipinski definition) is 3. The van der Waals surface area contributed by atoms with Gasteiger partial charge in [0.05, 0.1) is 0 Å². The molecule has 2 aliphatic rings. The summed E-state index contributed by atoms with van der Waals surface area (Å²) < 4.78 is 9.52. The molecule has 2 amide bonds. The summed E-state index contributed by atoms with van der Waals surface area (Å²) in [5, 5.41) is 22.0. The van der Waals surface area contributed by atoms with Crippen molar-refractivity contribution >= 4 is 47.2 Å². The number of amides is 2. The molecule has 152 valence electrons. The molecule has 0 bridgehead atoms. The van der Waals surface area contributed by atoms with Gasteiger partial charge in [0.15, 0.2) is 5.78 Å². The number of thioether (sulfide) groups is 1. The predicted octanol–water partition coefficient (Wildman–Crippen LogP) is -0.335. The number of hydrogen-bond acceptors (Lipinski definition) is 10. The molecular weight excluding hydrogens is 398 g/mol. The van der Waals surface area contributed by atoms with E-state index in [1.165, 1.54) is 25.6 Å². The van der Waals surface area contributed by atoms with Gasteiger partial charge in [-0.25, -0.2) is 4.79 Å². The molecule has 0 aromatic carbocycles. The Morgan fingerprint density at radius 3 is 2.57 bits per heavy atom. The lowest BCUT2D eigenvalue weighted by atomic mass is 10.1. The first kappa shape index (κ1) is 21.2. The second-order valence-electron chi connectivity index (χ2n) is 5.64. The molecule has 0 saturated carbocycles. The fourth-order valence-electron chi connectivity index (χ4n) is 2.50. The molecule has 2 atom stereocenters. The fourth-order valence-corrected chi connectivity index (χ4v) is 3.81. The van der Waals surface area contributed by atoms with Crippen LogP contribution in [0, 0.1) is 0 Å². The van der Waals surface area contributed by atoms with E-state index in [9.17, 15) is 24.0 Å². The molecule has 13 heteroatoms. The Hall–Kier alpha value is -3.09. The number of carbonyl (C=O) groups excluding carboxylic acids is 4. The third-order valence-electron chi connectivity index (χ3n) is 3.81. The van der Waals surface area contributed by atoms with Crippen LogP contribution in [-0.2, 0) is 28.7 Å². The molecule has 0 aromatic heterocycles. The van der Waals surface area contributed by atoms with E-state index in [2.05, 4.69) is 15.2 Å².